The van der Waals surface area contributed by atoms with Crippen LogP contribution in [0, 0.1) is 5.82 Å². The molecule has 3 aromatic rings. The van der Waals surface area contributed by atoms with Crippen LogP contribution in [-0.4, -0.2) is 27.6 Å². The van der Waals surface area contributed by atoms with Gasteiger partial charge in [0.1, 0.15) is 17.3 Å². The molecule has 2 aromatic carbocycles. The average Bonchev–Trinajstić information content (AvgIpc) is 2.60. The first-order chi connectivity index (χ1) is 12.0. The molecule has 4 N–H and O–H groups in total. The highest BCUT2D eigenvalue weighted by molar-refractivity contribution is 5.94. The Bertz CT molecular complexity index is 1000. The van der Waals surface area contributed by atoms with E-state index in [0.717, 1.165) is 6.07 Å². The predicted octanol–water partition coefficient (Wildman–Crippen LogP) is 1.84. The van der Waals surface area contributed by atoms with Crippen LogP contribution >= 0.6 is 0 Å². The maximum absolute atomic E-state index is 13.8. The highest BCUT2D eigenvalue weighted by atomic mass is 19.1. The van der Waals surface area contributed by atoms with Gasteiger partial charge in [-0.05, 0) is 29.8 Å². The highest BCUT2D eigenvalue weighted by Gasteiger charge is 2.14. The third-order valence-corrected chi connectivity index (χ3v) is 3.77. The molecule has 6 nitrogen and oxygen atoms in total. The number of rotatable bonds is 4. The van der Waals surface area contributed by atoms with E-state index in [1.54, 1.807) is 12.1 Å². The van der Waals surface area contributed by atoms with Crippen LogP contribution in [0.3, 0.4) is 0 Å². The summed E-state index contributed by atoms with van der Waals surface area (Å²) >= 11 is 0. The number of fused-ring (bicyclic) bond motifs is 1. The van der Waals surface area contributed by atoms with Gasteiger partial charge in [-0.15, -0.1) is 0 Å². The van der Waals surface area contributed by atoms with Crippen LogP contribution in [0.4, 0.5) is 4.39 Å². The van der Waals surface area contributed by atoms with Gasteiger partial charge in [-0.1, -0.05) is 18.2 Å². The molecule has 1 unspecified atom stereocenters. The van der Waals surface area contributed by atoms with E-state index in [4.69, 9.17) is 0 Å². The lowest BCUT2D eigenvalue weighted by Crippen LogP contribution is -2.30. The van der Waals surface area contributed by atoms with E-state index in [2.05, 4.69) is 10.3 Å². The van der Waals surface area contributed by atoms with Crippen molar-refractivity contribution in [2.24, 2.45) is 0 Å². The summed E-state index contributed by atoms with van der Waals surface area (Å²) in [4.78, 5) is 26.8. The van der Waals surface area contributed by atoms with Gasteiger partial charge in [-0.2, -0.15) is 0 Å². The molecule has 3 rings (SSSR count). The smallest absolute Gasteiger partial charge is 0.267 e. The molecule has 1 atom stereocenters. The number of amides is 1. The molecular weight excluding hydrogens is 327 g/mol. The lowest BCUT2D eigenvalue weighted by Gasteiger charge is -2.13. The Morgan fingerprint density at radius 1 is 1.20 bits per heavy atom. The van der Waals surface area contributed by atoms with Gasteiger partial charge in [-0.25, -0.2) is 4.39 Å². The first-order valence-electron chi connectivity index (χ1n) is 7.52. The summed E-state index contributed by atoms with van der Waals surface area (Å²) in [6.07, 6.45) is -1.04. The number of carbonyl (C=O) groups excluding carboxylic acids is 1. The predicted molar refractivity (Wildman–Crippen MR) is 89.9 cm³/mol. The Hall–Kier alpha value is -3.19. The third-order valence-electron chi connectivity index (χ3n) is 3.77. The van der Waals surface area contributed by atoms with Crippen molar-refractivity contribution in [3.05, 3.63) is 75.8 Å². The molecule has 0 saturated heterocycles. The molecule has 0 aliphatic heterocycles. The van der Waals surface area contributed by atoms with Crippen LogP contribution < -0.4 is 10.7 Å². The standard InChI is InChI=1S/C18H15FN2O4/c19-13-6-2-5-12-15(23)8-14(21-17(12)13)18(25)20-9-16(24)10-3-1-4-11(22)7-10/h1-8,16,22,24H,9H2,(H,20,25)(H,21,23). The highest BCUT2D eigenvalue weighted by Crippen LogP contribution is 2.17. The maximum Gasteiger partial charge on any atom is 0.267 e. The minimum atomic E-state index is -1.04. The largest absolute Gasteiger partial charge is 0.508 e. The molecular formula is C18H15FN2O4. The first-order valence-corrected chi connectivity index (χ1v) is 7.52. The number of halogens is 1. The fourth-order valence-electron chi connectivity index (χ4n) is 2.49. The number of benzene rings is 2. The van der Waals surface area contributed by atoms with Crippen molar-refractivity contribution < 1.29 is 19.4 Å². The number of para-hydroxylation sites is 1. The second kappa shape index (κ2) is 6.74. The number of hydrogen-bond donors (Lipinski definition) is 4. The van der Waals surface area contributed by atoms with Gasteiger partial charge in [0.15, 0.2) is 5.43 Å². The number of carbonyl (C=O) groups is 1. The van der Waals surface area contributed by atoms with E-state index in [1.807, 2.05) is 0 Å². The van der Waals surface area contributed by atoms with Gasteiger partial charge >= 0.3 is 0 Å². The van der Waals surface area contributed by atoms with Gasteiger partial charge in [0, 0.05) is 18.0 Å². The molecule has 1 aromatic heterocycles. The quantitative estimate of drug-likeness (QED) is 0.581. The number of hydrogen-bond acceptors (Lipinski definition) is 4. The molecule has 0 bridgehead atoms. The number of aromatic nitrogens is 1. The minimum Gasteiger partial charge on any atom is -0.508 e. The van der Waals surface area contributed by atoms with Crippen LogP contribution in [0.15, 0.2) is 53.3 Å². The zero-order valence-corrected chi connectivity index (χ0v) is 13.0. The summed E-state index contributed by atoms with van der Waals surface area (Å²) in [6, 6.07) is 11.2. The summed E-state index contributed by atoms with van der Waals surface area (Å²) in [5.41, 5.74) is -0.204. The monoisotopic (exact) mass is 342 g/mol. The number of pyridine rings is 1. The normalized spacial score (nSPS) is 12.1. The number of aliphatic hydroxyl groups is 1. The second-order valence-electron chi connectivity index (χ2n) is 5.53. The van der Waals surface area contributed by atoms with E-state index >= 15 is 0 Å². The number of phenols is 1. The van der Waals surface area contributed by atoms with Gasteiger partial charge < -0.3 is 20.5 Å². The van der Waals surface area contributed by atoms with Crippen molar-refractivity contribution in [3.8, 4) is 5.75 Å². The van der Waals surface area contributed by atoms with E-state index < -0.39 is 23.3 Å². The summed E-state index contributed by atoms with van der Waals surface area (Å²) in [5.74, 6) is -1.29. The van der Waals surface area contributed by atoms with Crippen molar-refractivity contribution in [1.29, 1.82) is 0 Å². The fraction of sp³-hybridized carbons (Fsp3) is 0.111. The fourth-order valence-corrected chi connectivity index (χ4v) is 2.49. The van der Waals surface area contributed by atoms with Crippen LogP contribution in [-0.2, 0) is 0 Å². The zero-order valence-electron chi connectivity index (χ0n) is 13.0. The summed E-state index contributed by atoms with van der Waals surface area (Å²) < 4.78 is 13.8. The molecule has 0 radical (unpaired) electrons. The minimum absolute atomic E-state index is 0.00258. The molecule has 0 aliphatic rings. The number of nitrogens with one attached hydrogen (secondary N) is 2. The molecule has 128 valence electrons. The van der Waals surface area contributed by atoms with Gasteiger partial charge in [0.25, 0.3) is 5.91 Å². The second-order valence-corrected chi connectivity index (χ2v) is 5.53. The van der Waals surface area contributed by atoms with Crippen LogP contribution in [0.5, 0.6) is 5.75 Å². The zero-order chi connectivity index (χ0) is 18.0. The van der Waals surface area contributed by atoms with Crippen molar-refractivity contribution in [2.75, 3.05) is 6.54 Å². The molecule has 25 heavy (non-hydrogen) atoms. The lowest BCUT2D eigenvalue weighted by atomic mass is 10.1. The van der Waals surface area contributed by atoms with E-state index in [1.165, 1.54) is 30.3 Å². The van der Waals surface area contributed by atoms with Crippen LogP contribution in [0.1, 0.15) is 22.2 Å². The molecule has 0 aliphatic carbocycles. The topological polar surface area (TPSA) is 102 Å². The van der Waals surface area contributed by atoms with E-state index in [-0.39, 0.29) is 28.9 Å². The maximum atomic E-state index is 13.8. The summed E-state index contributed by atoms with van der Waals surface area (Å²) in [5, 5.41) is 22.1. The molecule has 1 amide bonds. The van der Waals surface area contributed by atoms with Crippen molar-refractivity contribution in [2.45, 2.75) is 6.10 Å². The molecule has 0 fully saturated rings. The molecule has 0 saturated carbocycles. The Morgan fingerprint density at radius 3 is 2.72 bits per heavy atom. The summed E-state index contributed by atoms with van der Waals surface area (Å²) in [7, 11) is 0. The molecule has 1 heterocycles. The van der Waals surface area contributed by atoms with Crippen molar-refractivity contribution in [1.82, 2.24) is 10.3 Å². The number of aromatic hydroxyl groups is 1. The molecule has 7 heteroatoms. The van der Waals surface area contributed by atoms with Crippen molar-refractivity contribution in [3.63, 3.8) is 0 Å². The van der Waals surface area contributed by atoms with E-state index in [0.29, 0.717) is 5.56 Å². The Morgan fingerprint density at radius 2 is 1.96 bits per heavy atom. The van der Waals surface area contributed by atoms with Crippen molar-refractivity contribution >= 4 is 16.8 Å². The first kappa shape index (κ1) is 16.7. The van der Waals surface area contributed by atoms with Gasteiger partial charge in [-0.3, -0.25) is 9.59 Å². The van der Waals surface area contributed by atoms with E-state index in [9.17, 15) is 24.2 Å². The molecule has 0 spiro atoms. The van der Waals surface area contributed by atoms with Crippen LogP contribution in [0.25, 0.3) is 10.9 Å². The lowest BCUT2D eigenvalue weighted by molar-refractivity contribution is 0.0911. The van der Waals surface area contributed by atoms with Crippen LogP contribution in [0.2, 0.25) is 0 Å². The Labute approximate surface area is 141 Å². The Balaban J connectivity index is 1.78. The summed E-state index contributed by atoms with van der Waals surface area (Å²) in [6.45, 7) is -0.139. The number of phenolic OH excluding ortho intramolecular Hbond substituents is 1. The number of aromatic amines is 1. The van der Waals surface area contributed by atoms with Gasteiger partial charge in [0.05, 0.1) is 11.6 Å². The Kier molecular flexibility index (Phi) is 4.49. The average molecular weight is 342 g/mol. The SMILES string of the molecule is O=C(NCC(O)c1cccc(O)c1)c1cc(=O)c2cccc(F)c2[nH]1. The van der Waals surface area contributed by atoms with Gasteiger partial charge in [0.2, 0.25) is 0 Å². The number of aliphatic hydroxyl groups excluding tert-OH is 1. The third kappa shape index (κ3) is 3.51. The number of H-pyrrole nitrogens is 1.